The minimum Gasteiger partial charge on any atom is -0.480 e. The third-order valence-electron chi connectivity index (χ3n) is 7.00. The number of carboxylic acids is 4. The number of nitrogens with zero attached hydrogens (tertiary/aromatic N) is 5. The number of carboxylic acid groups (broad SMARTS) is 4. The maximum absolute atomic E-state index is 13.8. The Labute approximate surface area is 282 Å². The van der Waals surface area contributed by atoms with Crippen LogP contribution in [0.15, 0.2) is 29.4 Å². The van der Waals surface area contributed by atoms with Crippen LogP contribution in [0, 0.1) is 0 Å². The number of aromatic nitrogens is 1. The highest BCUT2D eigenvalue weighted by Gasteiger charge is 2.34. The maximum atomic E-state index is 13.8. The highest BCUT2D eigenvalue weighted by Crippen LogP contribution is 2.37. The minimum absolute atomic E-state index is 0.0830. The number of fused-ring (bicyclic) bond motifs is 1. The fraction of sp³-hybridized carbons (Fsp3) is 0.517. The van der Waals surface area contributed by atoms with Crippen LogP contribution in [0.4, 0.5) is 18.9 Å². The lowest BCUT2D eigenvalue weighted by Gasteiger charge is -2.24. The number of pyridine rings is 1. The molecule has 2 unspecified atom stereocenters. The molecule has 1 aromatic carbocycles. The highest BCUT2D eigenvalue weighted by atomic mass is 19.4. The molecular weight excluding hydrogens is 677 g/mol. The molecule has 1 aromatic heterocycles. The van der Waals surface area contributed by atoms with E-state index in [0.717, 1.165) is 6.07 Å². The average molecular weight is 715 g/mol. The van der Waals surface area contributed by atoms with Gasteiger partial charge in [-0.05, 0) is 49.9 Å². The van der Waals surface area contributed by atoms with Crippen LogP contribution in [-0.4, -0.2) is 118 Å². The third-order valence-corrected chi connectivity index (χ3v) is 7.00. The van der Waals surface area contributed by atoms with Gasteiger partial charge in [0.15, 0.2) is 0 Å². The molecule has 7 N–H and O–H groups in total. The van der Waals surface area contributed by atoms with E-state index in [1.807, 2.05) is 0 Å². The number of halogens is 3. The van der Waals surface area contributed by atoms with Crippen LogP contribution in [-0.2, 0) is 30.1 Å². The number of azide groups is 1. The molecule has 0 radical (unpaired) electrons. The van der Waals surface area contributed by atoms with Crippen molar-refractivity contribution in [3.8, 4) is 5.88 Å². The molecular formula is C29H37F3N8O10. The lowest BCUT2D eigenvalue weighted by atomic mass is 9.99. The van der Waals surface area contributed by atoms with E-state index < -0.39 is 79.8 Å². The molecule has 0 fully saturated rings. The first-order valence-electron chi connectivity index (χ1n) is 15.1. The normalized spacial score (nSPS) is 12.6. The molecule has 0 bridgehead atoms. The van der Waals surface area contributed by atoms with Gasteiger partial charge in [0, 0.05) is 40.6 Å². The van der Waals surface area contributed by atoms with Crippen molar-refractivity contribution in [2.45, 2.75) is 50.4 Å². The zero-order valence-electron chi connectivity index (χ0n) is 26.6. The summed E-state index contributed by atoms with van der Waals surface area (Å²) in [5.41, 5.74) is 7.26. The minimum atomic E-state index is -4.77. The first kappa shape index (κ1) is 40.9. The summed E-state index contributed by atoms with van der Waals surface area (Å²) in [7, 11) is 0. The Bertz CT molecular complexity index is 1540. The molecule has 0 aliphatic rings. The van der Waals surface area contributed by atoms with Gasteiger partial charge in [-0.25, -0.2) is 4.98 Å². The largest absolute Gasteiger partial charge is 0.480 e. The monoisotopic (exact) mass is 714 g/mol. The topological polar surface area (TPSA) is 276 Å². The fourth-order valence-corrected chi connectivity index (χ4v) is 4.91. The summed E-state index contributed by atoms with van der Waals surface area (Å²) in [6, 6.07) is 3.03. The van der Waals surface area contributed by atoms with E-state index in [-0.39, 0.29) is 67.8 Å². The molecule has 0 saturated carbocycles. The van der Waals surface area contributed by atoms with Gasteiger partial charge in [-0.3, -0.25) is 28.9 Å². The van der Waals surface area contributed by atoms with Gasteiger partial charge < -0.3 is 41.1 Å². The molecule has 0 aliphatic heterocycles. The number of amides is 1. The van der Waals surface area contributed by atoms with Crippen molar-refractivity contribution in [3.05, 3.63) is 40.3 Å². The number of carbonyl (C=O) groups excluding carboxylic acids is 1. The van der Waals surface area contributed by atoms with Crippen LogP contribution >= 0.6 is 0 Å². The molecule has 0 saturated heterocycles. The number of ether oxygens (including phenoxy) is 1. The second-order valence-electron chi connectivity index (χ2n) is 11.0. The summed E-state index contributed by atoms with van der Waals surface area (Å²) in [5, 5.41) is 47.5. The Kier molecular flexibility index (Phi) is 16.6. The first-order valence-corrected chi connectivity index (χ1v) is 15.1. The van der Waals surface area contributed by atoms with E-state index in [2.05, 4.69) is 31.0 Å². The average Bonchev–Trinajstić information content (AvgIpc) is 3.00. The molecule has 1 amide bonds. The summed E-state index contributed by atoms with van der Waals surface area (Å²) in [6.07, 6.45) is -4.08. The number of hydrogen-bond donors (Lipinski definition) is 7. The predicted molar refractivity (Wildman–Crippen MR) is 169 cm³/mol. The number of anilines is 1. The fourth-order valence-electron chi connectivity index (χ4n) is 4.91. The summed E-state index contributed by atoms with van der Waals surface area (Å²) < 4.78 is 46.6. The second-order valence-corrected chi connectivity index (χ2v) is 11.0. The van der Waals surface area contributed by atoms with Crippen molar-refractivity contribution >= 4 is 46.4 Å². The molecule has 21 heteroatoms. The van der Waals surface area contributed by atoms with E-state index in [1.165, 1.54) is 17.0 Å². The number of nitrogens with one attached hydrogen (secondary N) is 3. The Hall–Kier alpha value is -5.24. The van der Waals surface area contributed by atoms with E-state index in [1.54, 1.807) is 0 Å². The molecule has 50 heavy (non-hydrogen) atoms. The lowest BCUT2D eigenvalue weighted by Crippen LogP contribution is -2.40. The summed E-state index contributed by atoms with van der Waals surface area (Å²) in [5.74, 6) is -5.83. The molecule has 0 aliphatic carbocycles. The summed E-state index contributed by atoms with van der Waals surface area (Å²) >= 11 is 0. The molecule has 2 atom stereocenters. The molecule has 18 nitrogen and oxygen atoms in total. The first-order chi connectivity index (χ1) is 23.6. The Morgan fingerprint density at radius 1 is 0.920 bits per heavy atom. The van der Waals surface area contributed by atoms with E-state index >= 15 is 0 Å². The lowest BCUT2D eigenvalue weighted by molar-refractivity contribution is -0.142. The van der Waals surface area contributed by atoms with Crippen molar-refractivity contribution in [2.75, 3.05) is 51.2 Å². The van der Waals surface area contributed by atoms with Crippen LogP contribution in [0.2, 0.25) is 0 Å². The van der Waals surface area contributed by atoms with Crippen LogP contribution in [0.3, 0.4) is 0 Å². The van der Waals surface area contributed by atoms with Crippen molar-refractivity contribution in [1.82, 2.24) is 20.5 Å². The van der Waals surface area contributed by atoms with Crippen molar-refractivity contribution in [1.29, 1.82) is 0 Å². The van der Waals surface area contributed by atoms with Gasteiger partial charge in [-0.15, -0.1) is 0 Å². The van der Waals surface area contributed by atoms with Gasteiger partial charge in [-0.1, -0.05) is 11.2 Å². The number of alkyl halides is 3. The van der Waals surface area contributed by atoms with Crippen molar-refractivity contribution in [3.63, 3.8) is 0 Å². The molecule has 0 spiro atoms. The van der Waals surface area contributed by atoms with E-state index in [4.69, 9.17) is 25.6 Å². The van der Waals surface area contributed by atoms with Gasteiger partial charge >= 0.3 is 30.1 Å². The standard InChI is InChI=1S/C29H37F3N8O10/c30-29(31,32)21-12-24(50-9-7-36-39-33)38-22-10-19(5-6-20(21)22)37-23(41)11-18(35-14-26(44)45)4-3-17(34-13-25(42)43)2-1-8-40(15-27(46)47)16-28(48)49/h5-6,10,12,17-18,34-35H,1-4,7-9,11,13-16H2,(H,37,41)(H,42,43)(H,44,45)(H,46,47)(H,48,49). The van der Waals surface area contributed by atoms with Crippen molar-refractivity contribution in [2.24, 2.45) is 5.11 Å². The quantitative estimate of drug-likeness (QED) is 0.0356. The SMILES string of the molecule is [N-]=[N+]=NCCOc1cc(C(F)(F)F)c2ccc(NC(=O)CC(CCC(CCCN(CC(=O)O)CC(=O)O)NCC(=O)O)NCC(=O)O)cc2n1. The maximum Gasteiger partial charge on any atom is 0.417 e. The third kappa shape index (κ3) is 15.8. The van der Waals surface area contributed by atoms with E-state index in [0.29, 0.717) is 12.5 Å². The van der Waals surface area contributed by atoms with Gasteiger partial charge in [0.25, 0.3) is 0 Å². The Morgan fingerprint density at radius 3 is 2.12 bits per heavy atom. The number of aliphatic carboxylic acids is 4. The Balaban J connectivity index is 2.17. The van der Waals surface area contributed by atoms with Gasteiger partial charge in [0.2, 0.25) is 11.8 Å². The summed E-state index contributed by atoms with van der Waals surface area (Å²) in [6.45, 7) is -2.28. The van der Waals surface area contributed by atoms with Crippen LogP contribution in [0.1, 0.15) is 37.7 Å². The zero-order valence-corrected chi connectivity index (χ0v) is 26.6. The summed E-state index contributed by atoms with van der Waals surface area (Å²) in [4.78, 5) is 65.4. The molecule has 2 aromatic rings. The second kappa shape index (κ2) is 20.3. The van der Waals surface area contributed by atoms with Crippen LogP contribution < -0.4 is 20.7 Å². The van der Waals surface area contributed by atoms with Crippen LogP contribution in [0.5, 0.6) is 5.88 Å². The molecule has 1 heterocycles. The highest BCUT2D eigenvalue weighted by molar-refractivity contribution is 5.94. The number of carbonyl (C=O) groups is 5. The number of rotatable bonds is 24. The Morgan fingerprint density at radius 2 is 1.54 bits per heavy atom. The smallest absolute Gasteiger partial charge is 0.417 e. The number of benzene rings is 1. The van der Waals surface area contributed by atoms with E-state index in [9.17, 15) is 42.3 Å². The van der Waals surface area contributed by atoms with Crippen LogP contribution in [0.25, 0.3) is 21.3 Å². The van der Waals surface area contributed by atoms with Gasteiger partial charge in [0.1, 0.15) is 0 Å². The predicted octanol–water partition coefficient (Wildman–Crippen LogP) is 2.39. The zero-order chi connectivity index (χ0) is 37.3. The van der Waals surface area contributed by atoms with Gasteiger partial charge in [0.05, 0.1) is 50.4 Å². The van der Waals surface area contributed by atoms with Crippen molar-refractivity contribution < 1.29 is 62.3 Å². The van der Waals surface area contributed by atoms with Gasteiger partial charge in [-0.2, -0.15) is 13.2 Å². The molecule has 2 rings (SSSR count). The molecule has 274 valence electrons. The number of hydrogen-bond acceptors (Lipinski definition) is 11.